The van der Waals surface area contributed by atoms with Crippen LogP contribution < -0.4 is 0 Å². The highest BCUT2D eigenvalue weighted by Crippen LogP contribution is 2.44. The molecular weight excluding hydrogens is 450 g/mol. The summed E-state index contributed by atoms with van der Waals surface area (Å²) < 4.78 is 7.22. The van der Waals surface area contributed by atoms with Crippen LogP contribution in [-0.2, 0) is 16.1 Å². The van der Waals surface area contributed by atoms with Gasteiger partial charge in [-0.15, -0.1) is 0 Å². The minimum absolute atomic E-state index is 0.0115. The molecule has 182 valence electrons. The van der Waals surface area contributed by atoms with Crippen molar-refractivity contribution in [1.82, 2.24) is 4.57 Å². The Morgan fingerprint density at radius 2 is 1.72 bits per heavy atom. The van der Waals surface area contributed by atoms with Gasteiger partial charge in [0.2, 0.25) is 0 Å². The summed E-state index contributed by atoms with van der Waals surface area (Å²) in [6, 6.07) is 25.8. The van der Waals surface area contributed by atoms with E-state index in [4.69, 9.17) is 4.74 Å². The van der Waals surface area contributed by atoms with Crippen LogP contribution in [0.2, 0.25) is 0 Å². The normalized spacial score (nSPS) is 15.5. The van der Waals surface area contributed by atoms with Gasteiger partial charge in [-0.1, -0.05) is 72.8 Å². The number of allylic oxidation sites excluding steroid dienone is 2. The molecule has 1 aliphatic carbocycles. The molecule has 4 aromatic rings. The first-order valence-electron chi connectivity index (χ1n) is 12.4. The van der Waals surface area contributed by atoms with Gasteiger partial charge in [0.05, 0.1) is 23.4 Å². The Kier molecular flexibility index (Phi) is 6.72. The molecule has 0 aliphatic heterocycles. The third-order valence-corrected chi connectivity index (χ3v) is 6.95. The molecule has 1 aromatic heterocycles. The monoisotopic (exact) mass is 479 g/mol. The number of benzene rings is 3. The Morgan fingerprint density at radius 3 is 2.36 bits per heavy atom. The predicted molar refractivity (Wildman–Crippen MR) is 142 cm³/mol. The van der Waals surface area contributed by atoms with Crippen LogP contribution in [0.1, 0.15) is 53.6 Å². The van der Waals surface area contributed by atoms with Crippen molar-refractivity contribution in [3.8, 4) is 11.3 Å². The number of aromatic carboxylic acids is 1. The van der Waals surface area contributed by atoms with Crippen LogP contribution in [0.25, 0.3) is 27.7 Å². The quantitative estimate of drug-likeness (QED) is 0.292. The van der Waals surface area contributed by atoms with E-state index in [1.807, 2.05) is 47.0 Å². The predicted octanol–water partition coefficient (Wildman–Crippen LogP) is 6.92. The number of nitrogens with zero attached hydrogens (tertiary/aromatic N) is 1. The average molecular weight is 480 g/mol. The van der Waals surface area contributed by atoms with Crippen molar-refractivity contribution < 1.29 is 19.4 Å². The van der Waals surface area contributed by atoms with Crippen LogP contribution >= 0.6 is 0 Å². The molecule has 5 nitrogen and oxygen atoms in total. The van der Waals surface area contributed by atoms with E-state index in [2.05, 4.69) is 30.3 Å². The number of carboxylic acid groups (broad SMARTS) is 1. The fraction of sp³-hybridized carbons (Fsp3) is 0.226. The minimum atomic E-state index is -0.994. The van der Waals surface area contributed by atoms with E-state index in [1.165, 1.54) is 11.1 Å². The van der Waals surface area contributed by atoms with Gasteiger partial charge in [-0.2, -0.15) is 0 Å². The van der Waals surface area contributed by atoms with Gasteiger partial charge in [0, 0.05) is 10.9 Å². The Labute approximate surface area is 210 Å². The summed E-state index contributed by atoms with van der Waals surface area (Å²) in [5, 5.41) is 10.6. The van der Waals surface area contributed by atoms with Crippen LogP contribution in [-0.4, -0.2) is 28.2 Å². The molecule has 0 bridgehead atoms. The second kappa shape index (κ2) is 10.2. The standard InChI is InChI=1S/C31H29NO4/c1-2-36-28(33)20-32-27-19-25(31(34)35)17-18-26(27)29(30(32)24-11-7-4-8-12-24)23-15-13-22(14-16-23)21-9-5-3-6-10-21/h3-12,15,17-19,22H,2,13-14,16,20H2,1H3,(H,34,35). The molecule has 1 heterocycles. The maximum atomic E-state index is 12.7. The molecule has 3 aromatic carbocycles. The summed E-state index contributed by atoms with van der Waals surface area (Å²) in [4.78, 5) is 24.5. The Bertz CT molecular complexity index is 1430. The maximum Gasteiger partial charge on any atom is 0.335 e. The zero-order valence-corrected chi connectivity index (χ0v) is 20.3. The van der Waals surface area contributed by atoms with Crippen LogP contribution in [0.4, 0.5) is 0 Å². The number of carbonyl (C=O) groups is 2. The van der Waals surface area contributed by atoms with Crippen LogP contribution in [0.3, 0.4) is 0 Å². The van der Waals surface area contributed by atoms with Crippen molar-refractivity contribution in [2.24, 2.45) is 0 Å². The molecule has 0 fully saturated rings. The number of carbonyl (C=O) groups excluding carboxylic acids is 1. The molecule has 0 amide bonds. The average Bonchev–Trinajstić information content (AvgIpc) is 3.23. The van der Waals surface area contributed by atoms with Crippen molar-refractivity contribution in [3.05, 3.63) is 102 Å². The second-order valence-electron chi connectivity index (χ2n) is 9.13. The van der Waals surface area contributed by atoms with E-state index in [0.717, 1.165) is 47.0 Å². The highest BCUT2D eigenvalue weighted by molar-refractivity contribution is 6.04. The number of hydrogen-bond acceptors (Lipinski definition) is 3. The highest BCUT2D eigenvalue weighted by atomic mass is 16.5. The van der Waals surface area contributed by atoms with Crippen LogP contribution in [0.15, 0.2) is 84.9 Å². The molecule has 0 saturated carbocycles. The van der Waals surface area contributed by atoms with E-state index < -0.39 is 5.97 Å². The number of ether oxygens (including phenoxy) is 1. The fourth-order valence-electron chi connectivity index (χ4n) is 5.29. The molecule has 0 radical (unpaired) electrons. The van der Waals surface area contributed by atoms with Gasteiger partial charge in [0.1, 0.15) is 6.54 Å². The SMILES string of the molecule is CCOC(=O)Cn1c(-c2ccccc2)c(C2=CCC(c3ccccc3)CC2)c2ccc(C(=O)O)cc21. The van der Waals surface area contributed by atoms with Crippen molar-refractivity contribution in [3.63, 3.8) is 0 Å². The van der Waals surface area contributed by atoms with Gasteiger partial charge >= 0.3 is 11.9 Å². The van der Waals surface area contributed by atoms with Crippen molar-refractivity contribution in [2.75, 3.05) is 6.61 Å². The van der Waals surface area contributed by atoms with Gasteiger partial charge in [-0.3, -0.25) is 4.79 Å². The molecular formula is C31H29NO4. The summed E-state index contributed by atoms with van der Waals surface area (Å²) in [5.41, 5.74) is 6.48. The van der Waals surface area contributed by atoms with Crippen molar-refractivity contribution in [1.29, 1.82) is 0 Å². The van der Waals surface area contributed by atoms with E-state index in [-0.39, 0.29) is 24.7 Å². The first-order chi connectivity index (χ1) is 17.6. The molecule has 36 heavy (non-hydrogen) atoms. The summed E-state index contributed by atoms with van der Waals surface area (Å²) in [7, 11) is 0. The largest absolute Gasteiger partial charge is 0.478 e. The summed E-state index contributed by atoms with van der Waals surface area (Å²) in [6.45, 7) is 2.09. The minimum Gasteiger partial charge on any atom is -0.478 e. The zero-order valence-electron chi connectivity index (χ0n) is 20.3. The third-order valence-electron chi connectivity index (χ3n) is 6.95. The third kappa shape index (κ3) is 4.57. The topological polar surface area (TPSA) is 68.5 Å². The molecule has 1 aliphatic rings. The Morgan fingerprint density at radius 1 is 1.00 bits per heavy atom. The van der Waals surface area contributed by atoms with E-state index in [1.54, 1.807) is 19.1 Å². The van der Waals surface area contributed by atoms with Crippen LogP contribution in [0, 0.1) is 0 Å². The number of hydrogen-bond donors (Lipinski definition) is 1. The lowest BCUT2D eigenvalue weighted by Gasteiger charge is -2.23. The Balaban J connectivity index is 1.70. The molecule has 0 spiro atoms. The first-order valence-corrected chi connectivity index (χ1v) is 12.4. The van der Waals surface area contributed by atoms with Gasteiger partial charge in [-0.05, 0) is 60.9 Å². The van der Waals surface area contributed by atoms with Crippen molar-refractivity contribution >= 4 is 28.4 Å². The lowest BCUT2D eigenvalue weighted by Crippen LogP contribution is -2.14. The number of rotatable bonds is 7. The van der Waals surface area contributed by atoms with E-state index >= 15 is 0 Å². The molecule has 5 rings (SSSR count). The first kappa shape index (κ1) is 23.6. The Hall–Kier alpha value is -4.12. The summed E-state index contributed by atoms with van der Waals surface area (Å²) >= 11 is 0. The van der Waals surface area contributed by atoms with E-state index in [9.17, 15) is 14.7 Å². The number of carboxylic acids is 1. The molecule has 0 saturated heterocycles. The molecule has 1 N–H and O–H groups in total. The maximum absolute atomic E-state index is 12.7. The highest BCUT2D eigenvalue weighted by Gasteiger charge is 2.26. The van der Waals surface area contributed by atoms with Gasteiger partial charge in [0.25, 0.3) is 0 Å². The van der Waals surface area contributed by atoms with E-state index in [0.29, 0.717) is 5.92 Å². The van der Waals surface area contributed by atoms with Gasteiger partial charge in [0.15, 0.2) is 0 Å². The number of fused-ring (bicyclic) bond motifs is 1. The van der Waals surface area contributed by atoms with Gasteiger partial charge in [-0.25, -0.2) is 4.79 Å². The second-order valence-corrected chi connectivity index (χ2v) is 9.13. The summed E-state index contributed by atoms with van der Waals surface area (Å²) in [5.74, 6) is -0.867. The number of aromatic nitrogens is 1. The smallest absolute Gasteiger partial charge is 0.335 e. The lowest BCUT2D eigenvalue weighted by atomic mass is 9.81. The van der Waals surface area contributed by atoms with Crippen molar-refractivity contribution in [2.45, 2.75) is 38.6 Å². The fourth-order valence-corrected chi connectivity index (χ4v) is 5.29. The molecule has 1 atom stereocenters. The van der Waals surface area contributed by atoms with Crippen LogP contribution in [0.5, 0.6) is 0 Å². The number of esters is 1. The molecule has 5 heteroatoms. The molecule has 1 unspecified atom stereocenters. The zero-order chi connectivity index (χ0) is 25.1. The lowest BCUT2D eigenvalue weighted by molar-refractivity contribution is -0.143. The van der Waals surface area contributed by atoms with Gasteiger partial charge < -0.3 is 14.4 Å². The summed E-state index contributed by atoms with van der Waals surface area (Å²) in [6.07, 6.45) is 5.19.